The second-order valence-electron chi connectivity index (χ2n) is 7.13. The van der Waals surface area contributed by atoms with Gasteiger partial charge in [-0.3, -0.25) is 14.1 Å². The molecule has 0 aliphatic heterocycles. The first-order valence-corrected chi connectivity index (χ1v) is 12.1. The Morgan fingerprint density at radius 2 is 1.43 bits per heavy atom. The number of amides is 2. The number of carbonyl (C=O) groups is 2. The molecule has 0 aromatic rings. The van der Waals surface area contributed by atoms with Crippen molar-refractivity contribution in [3.63, 3.8) is 0 Å². The van der Waals surface area contributed by atoms with E-state index in [1.165, 1.54) is 19.3 Å². The maximum absolute atomic E-state index is 12.3. The van der Waals surface area contributed by atoms with Crippen LogP contribution >= 0.6 is 7.82 Å². The number of phosphoric acid groups is 1. The van der Waals surface area contributed by atoms with E-state index in [1.807, 2.05) is 0 Å². The van der Waals surface area contributed by atoms with Gasteiger partial charge in [0.1, 0.15) is 6.04 Å². The molecule has 0 fully saturated rings. The highest BCUT2D eigenvalue weighted by atomic mass is 31.2. The molecule has 0 aliphatic carbocycles. The van der Waals surface area contributed by atoms with Crippen LogP contribution in [0, 0.1) is 0 Å². The zero-order valence-corrected chi connectivity index (χ0v) is 18.3. The molecule has 0 radical (unpaired) electrons. The minimum absolute atomic E-state index is 0.279. The monoisotopic (exact) mass is 422 g/mol. The summed E-state index contributed by atoms with van der Waals surface area (Å²) in [5.74, 6) is -0.799. The SMILES string of the molecule is CCCCCCCCNC(=O)[C@@H](COP(=O)(O)O)NC(=O)CCCCCCC. The Balaban J connectivity index is 4.31. The molecule has 0 aliphatic rings. The van der Waals surface area contributed by atoms with Gasteiger partial charge in [0, 0.05) is 13.0 Å². The van der Waals surface area contributed by atoms with Crippen LogP contribution in [0.5, 0.6) is 0 Å². The van der Waals surface area contributed by atoms with Crippen molar-refractivity contribution in [3.05, 3.63) is 0 Å². The van der Waals surface area contributed by atoms with E-state index >= 15 is 0 Å². The lowest BCUT2D eigenvalue weighted by atomic mass is 10.1. The van der Waals surface area contributed by atoms with Crippen LogP contribution < -0.4 is 10.6 Å². The molecular weight excluding hydrogens is 383 g/mol. The normalized spacial score (nSPS) is 12.6. The van der Waals surface area contributed by atoms with Gasteiger partial charge in [0.05, 0.1) is 6.61 Å². The van der Waals surface area contributed by atoms with Crippen molar-refractivity contribution in [2.24, 2.45) is 0 Å². The van der Waals surface area contributed by atoms with Crippen LogP contribution in [0.1, 0.15) is 90.9 Å². The first-order chi connectivity index (χ1) is 13.3. The van der Waals surface area contributed by atoms with Crippen LogP contribution in [-0.2, 0) is 18.7 Å². The summed E-state index contributed by atoms with van der Waals surface area (Å²) in [5.41, 5.74) is 0. The van der Waals surface area contributed by atoms with E-state index in [0.29, 0.717) is 6.54 Å². The van der Waals surface area contributed by atoms with Gasteiger partial charge in [-0.1, -0.05) is 71.6 Å². The molecule has 28 heavy (non-hydrogen) atoms. The second kappa shape index (κ2) is 17.0. The third kappa shape index (κ3) is 17.2. The summed E-state index contributed by atoms with van der Waals surface area (Å²) in [5, 5.41) is 5.24. The standard InChI is InChI=1S/C19H39N2O6P/c1-3-5-7-9-11-13-15-20-19(23)17(16-27-28(24,25)26)21-18(22)14-12-10-8-6-4-2/h17H,3-16H2,1-2H3,(H,20,23)(H,21,22)(H2,24,25,26)/t17-/m1/s1. The fraction of sp³-hybridized carbons (Fsp3) is 0.895. The zero-order chi connectivity index (χ0) is 21.3. The molecular formula is C19H39N2O6P. The number of phosphoric ester groups is 1. The van der Waals surface area contributed by atoms with E-state index in [2.05, 4.69) is 29.0 Å². The Bertz CT molecular complexity index is 469. The first-order valence-electron chi connectivity index (χ1n) is 10.6. The number of carbonyl (C=O) groups excluding carboxylic acids is 2. The van der Waals surface area contributed by atoms with Crippen LogP contribution in [-0.4, -0.2) is 40.8 Å². The molecule has 0 aromatic carbocycles. The highest BCUT2D eigenvalue weighted by Gasteiger charge is 2.25. The Morgan fingerprint density at radius 3 is 2.00 bits per heavy atom. The summed E-state index contributed by atoms with van der Waals surface area (Å²) in [6.07, 6.45) is 11.8. The van der Waals surface area contributed by atoms with Crippen molar-refractivity contribution >= 4 is 19.6 Å². The molecule has 0 unspecified atom stereocenters. The molecule has 9 heteroatoms. The predicted octanol–water partition coefficient (Wildman–Crippen LogP) is 3.42. The molecule has 4 N–H and O–H groups in total. The summed E-state index contributed by atoms with van der Waals surface area (Å²) >= 11 is 0. The van der Waals surface area contributed by atoms with Gasteiger partial charge in [-0.15, -0.1) is 0 Å². The van der Waals surface area contributed by atoms with Gasteiger partial charge in [0.15, 0.2) is 0 Å². The average Bonchev–Trinajstić information content (AvgIpc) is 2.63. The highest BCUT2D eigenvalue weighted by Crippen LogP contribution is 2.35. The third-order valence-corrected chi connectivity index (χ3v) is 4.88. The Hall–Kier alpha value is -0.950. The molecule has 2 amide bonds. The highest BCUT2D eigenvalue weighted by molar-refractivity contribution is 7.46. The van der Waals surface area contributed by atoms with Gasteiger partial charge in [-0.2, -0.15) is 0 Å². The van der Waals surface area contributed by atoms with Gasteiger partial charge in [-0.05, 0) is 12.8 Å². The minimum Gasteiger partial charge on any atom is -0.354 e. The van der Waals surface area contributed by atoms with Gasteiger partial charge in [0.25, 0.3) is 0 Å². The number of hydrogen-bond acceptors (Lipinski definition) is 4. The van der Waals surface area contributed by atoms with Crippen LogP contribution in [0.25, 0.3) is 0 Å². The fourth-order valence-electron chi connectivity index (χ4n) is 2.75. The molecule has 0 bridgehead atoms. The van der Waals surface area contributed by atoms with Crippen molar-refractivity contribution in [3.8, 4) is 0 Å². The summed E-state index contributed by atoms with van der Waals surface area (Å²) < 4.78 is 15.4. The van der Waals surface area contributed by atoms with Gasteiger partial charge in [-0.25, -0.2) is 4.57 Å². The van der Waals surface area contributed by atoms with Gasteiger partial charge in [0.2, 0.25) is 11.8 Å². The average molecular weight is 423 g/mol. The zero-order valence-electron chi connectivity index (χ0n) is 17.5. The van der Waals surface area contributed by atoms with Gasteiger partial charge >= 0.3 is 7.82 Å². The first kappa shape index (κ1) is 27.0. The summed E-state index contributed by atoms with van der Waals surface area (Å²) in [6, 6.07) is -1.11. The quantitative estimate of drug-likeness (QED) is 0.198. The van der Waals surface area contributed by atoms with E-state index in [-0.39, 0.29) is 12.3 Å². The van der Waals surface area contributed by atoms with Crippen molar-refractivity contribution in [1.82, 2.24) is 10.6 Å². The molecule has 0 saturated heterocycles. The number of hydrogen-bond donors (Lipinski definition) is 4. The summed E-state index contributed by atoms with van der Waals surface area (Å²) in [4.78, 5) is 42.1. The van der Waals surface area contributed by atoms with Crippen LogP contribution in [0.4, 0.5) is 0 Å². The van der Waals surface area contributed by atoms with Crippen LogP contribution in [0.15, 0.2) is 0 Å². The predicted molar refractivity (Wildman–Crippen MR) is 110 cm³/mol. The maximum atomic E-state index is 12.3. The topological polar surface area (TPSA) is 125 Å². The van der Waals surface area contributed by atoms with Crippen LogP contribution in [0.3, 0.4) is 0 Å². The second-order valence-corrected chi connectivity index (χ2v) is 8.37. The number of rotatable bonds is 18. The summed E-state index contributed by atoms with van der Waals surface area (Å²) in [6.45, 7) is 4.17. The molecule has 8 nitrogen and oxygen atoms in total. The maximum Gasteiger partial charge on any atom is 0.469 e. The summed E-state index contributed by atoms with van der Waals surface area (Å²) in [7, 11) is -4.72. The van der Waals surface area contributed by atoms with Crippen LogP contribution in [0.2, 0.25) is 0 Å². The molecule has 0 spiro atoms. The largest absolute Gasteiger partial charge is 0.469 e. The Labute approximate surface area is 169 Å². The number of unbranched alkanes of at least 4 members (excludes halogenated alkanes) is 9. The molecule has 166 valence electrons. The van der Waals surface area contributed by atoms with E-state index in [4.69, 9.17) is 9.79 Å². The Morgan fingerprint density at radius 1 is 0.893 bits per heavy atom. The van der Waals surface area contributed by atoms with Crippen molar-refractivity contribution in [2.45, 2.75) is 96.9 Å². The lowest BCUT2D eigenvalue weighted by molar-refractivity contribution is -0.129. The third-order valence-electron chi connectivity index (χ3n) is 4.40. The fourth-order valence-corrected chi connectivity index (χ4v) is 3.09. The Kier molecular flexibility index (Phi) is 16.4. The molecule has 1 atom stereocenters. The van der Waals surface area contributed by atoms with E-state index < -0.39 is 26.4 Å². The molecule has 0 aromatic heterocycles. The van der Waals surface area contributed by atoms with Gasteiger partial charge < -0.3 is 20.4 Å². The molecule has 0 rings (SSSR count). The lowest BCUT2D eigenvalue weighted by Crippen LogP contribution is -2.49. The minimum atomic E-state index is -4.72. The smallest absolute Gasteiger partial charge is 0.354 e. The van der Waals surface area contributed by atoms with Crippen molar-refractivity contribution in [1.29, 1.82) is 0 Å². The van der Waals surface area contributed by atoms with E-state index in [0.717, 1.165) is 51.4 Å². The molecule has 0 heterocycles. The molecule has 0 saturated carbocycles. The van der Waals surface area contributed by atoms with E-state index in [1.54, 1.807) is 0 Å². The van der Waals surface area contributed by atoms with Crippen molar-refractivity contribution in [2.75, 3.05) is 13.2 Å². The van der Waals surface area contributed by atoms with E-state index in [9.17, 15) is 14.2 Å². The lowest BCUT2D eigenvalue weighted by Gasteiger charge is -2.19. The number of nitrogens with one attached hydrogen (secondary N) is 2. The van der Waals surface area contributed by atoms with Crippen molar-refractivity contribution < 1.29 is 28.5 Å².